The molecule has 15 heavy (non-hydrogen) atoms. The third-order valence-electron chi connectivity index (χ3n) is 2.31. The van der Waals surface area contributed by atoms with E-state index in [-0.39, 0.29) is 5.78 Å². The summed E-state index contributed by atoms with van der Waals surface area (Å²) in [6, 6.07) is 7.87. The average molecular weight is 220 g/mol. The first-order chi connectivity index (χ1) is 7.33. The zero-order valence-corrected chi connectivity index (χ0v) is 9.34. The van der Waals surface area contributed by atoms with Gasteiger partial charge in [0.05, 0.1) is 6.61 Å². The molecule has 0 aliphatic rings. The summed E-state index contributed by atoms with van der Waals surface area (Å²) in [5.41, 5.74) is 0.819. The number of fused-ring (bicyclic) bond motifs is 1. The Balaban J connectivity index is 2.34. The molecule has 3 heteroatoms. The normalized spacial score (nSPS) is 10.7. The second kappa shape index (κ2) is 4.55. The molecule has 0 saturated heterocycles. The molecule has 0 bridgehead atoms. The lowest BCUT2D eigenvalue weighted by Crippen LogP contribution is -2.03. The van der Waals surface area contributed by atoms with Crippen molar-refractivity contribution >= 4 is 27.2 Å². The first kappa shape index (κ1) is 10.3. The molecule has 0 aliphatic carbocycles. The number of Topliss-reactive ketones (excluding diaryl/α,β-unsaturated/α-hetero) is 1. The molecule has 78 valence electrons. The van der Waals surface area contributed by atoms with E-state index in [1.807, 2.05) is 29.6 Å². The number of methoxy groups -OCH3 is 1. The number of rotatable bonds is 4. The summed E-state index contributed by atoms with van der Waals surface area (Å²) in [5, 5.41) is 3.15. The van der Waals surface area contributed by atoms with Crippen LogP contribution in [0, 0.1) is 0 Å². The van der Waals surface area contributed by atoms with Crippen molar-refractivity contribution < 1.29 is 9.53 Å². The Bertz CT molecular complexity index is 473. The van der Waals surface area contributed by atoms with E-state index >= 15 is 0 Å². The van der Waals surface area contributed by atoms with Crippen LogP contribution in [0.2, 0.25) is 0 Å². The second-order valence-corrected chi connectivity index (χ2v) is 4.23. The number of benzene rings is 1. The summed E-state index contributed by atoms with van der Waals surface area (Å²) in [7, 11) is 1.61. The largest absolute Gasteiger partial charge is 0.384 e. The summed E-state index contributed by atoms with van der Waals surface area (Å²) in [5.74, 6) is 0.157. The maximum atomic E-state index is 11.8. The molecule has 0 saturated carbocycles. The SMILES string of the molecule is COCCC(=O)c1cccc2ccsc12. The van der Waals surface area contributed by atoms with Crippen LogP contribution in [-0.2, 0) is 4.74 Å². The number of carbonyl (C=O) groups is 1. The van der Waals surface area contributed by atoms with Gasteiger partial charge in [0.25, 0.3) is 0 Å². The van der Waals surface area contributed by atoms with Crippen molar-refractivity contribution in [1.82, 2.24) is 0 Å². The molecule has 0 atom stereocenters. The maximum absolute atomic E-state index is 11.8. The number of carbonyl (C=O) groups excluding carboxylic acids is 1. The molecule has 2 aromatic rings. The summed E-state index contributed by atoms with van der Waals surface area (Å²) in [6.07, 6.45) is 0.452. The minimum absolute atomic E-state index is 0.157. The monoisotopic (exact) mass is 220 g/mol. The number of ether oxygens (including phenoxy) is 1. The molecule has 1 aromatic carbocycles. The molecule has 0 fully saturated rings. The minimum atomic E-state index is 0.157. The van der Waals surface area contributed by atoms with Crippen molar-refractivity contribution in [2.75, 3.05) is 13.7 Å². The Kier molecular flexibility index (Phi) is 3.14. The molecule has 1 heterocycles. The zero-order chi connectivity index (χ0) is 10.7. The third kappa shape index (κ3) is 2.08. The molecule has 0 amide bonds. The summed E-state index contributed by atoms with van der Waals surface area (Å²) < 4.78 is 5.99. The van der Waals surface area contributed by atoms with Gasteiger partial charge in [-0.25, -0.2) is 0 Å². The Labute approximate surface area is 92.5 Å². The van der Waals surface area contributed by atoms with Crippen molar-refractivity contribution in [3.8, 4) is 0 Å². The van der Waals surface area contributed by atoms with Crippen LogP contribution >= 0.6 is 11.3 Å². The number of ketones is 1. The summed E-state index contributed by atoms with van der Waals surface area (Å²) >= 11 is 1.61. The van der Waals surface area contributed by atoms with E-state index in [9.17, 15) is 4.79 Å². The van der Waals surface area contributed by atoms with Crippen LogP contribution in [0.15, 0.2) is 29.6 Å². The van der Waals surface area contributed by atoms with Crippen molar-refractivity contribution in [2.24, 2.45) is 0 Å². The van der Waals surface area contributed by atoms with Gasteiger partial charge in [-0.05, 0) is 22.9 Å². The van der Waals surface area contributed by atoms with E-state index in [4.69, 9.17) is 4.74 Å². The predicted octanol–water partition coefficient (Wildman–Crippen LogP) is 3.12. The van der Waals surface area contributed by atoms with Crippen LogP contribution in [0.1, 0.15) is 16.8 Å². The van der Waals surface area contributed by atoms with Gasteiger partial charge in [0.2, 0.25) is 0 Å². The van der Waals surface area contributed by atoms with Crippen molar-refractivity contribution in [2.45, 2.75) is 6.42 Å². The van der Waals surface area contributed by atoms with Gasteiger partial charge in [0.1, 0.15) is 0 Å². The lowest BCUT2D eigenvalue weighted by atomic mass is 10.1. The molecule has 2 rings (SSSR count). The highest BCUT2D eigenvalue weighted by molar-refractivity contribution is 7.17. The van der Waals surface area contributed by atoms with E-state index in [0.717, 1.165) is 15.6 Å². The highest BCUT2D eigenvalue weighted by Gasteiger charge is 2.09. The standard InChI is InChI=1S/C12H12O2S/c1-14-7-5-11(13)10-4-2-3-9-6-8-15-12(9)10/h2-4,6,8H,5,7H2,1H3. The van der Waals surface area contributed by atoms with E-state index in [2.05, 4.69) is 0 Å². The lowest BCUT2D eigenvalue weighted by Gasteiger charge is -2.01. The second-order valence-electron chi connectivity index (χ2n) is 3.31. The minimum Gasteiger partial charge on any atom is -0.384 e. The van der Waals surface area contributed by atoms with Gasteiger partial charge in [-0.3, -0.25) is 4.79 Å². The van der Waals surface area contributed by atoms with Crippen LogP contribution < -0.4 is 0 Å². The van der Waals surface area contributed by atoms with E-state index < -0.39 is 0 Å². The molecular formula is C12H12O2S. The van der Waals surface area contributed by atoms with Crippen LogP contribution in [0.3, 0.4) is 0 Å². The number of hydrogen-bond acceptors (Lipinski definition) is 3. The van der Waals surface area contributed by atoms with E-state index in [1.54, 1.807) is 18.4 Å². The summed E-state index contributed by atoms with van der Waals surface area (Å²) in [6.45, 7) is 0.487. The molecule has 0 spiro atoms. The lowest BCUT2D eigenvalue weighted by molar-refractivity contribution is 0.0934. The number of thiophene rings is 1. The van der Waals surface area contributed by atoms with Gasteiger partial charge < -0.3 is 4.74 Å². The fraction of sp³-hybridized carbons (Fsp3) is 0.250. The zero-order valence-electron chi connectivity index (χ0n) is 8.53. The average Bonchev–Trinajstić information content (AvgIpc) is 2.73. The van der Waals surface area contributed by atoms with Crippen LogP contribution in [-0.4, -0.2) is 19.5 Å². The highest BCUT2D eigenvalue weighted by atomic mass is 32.1. The van der Waals surface area contributed by atoms with Gasteiger partial charge in [-0.2, -0.15) is 0 Å². The van der Waals surface area contributed by atoms with Gasteiger partial charge in [0.15, 0.2) is 5.78 Å². The third-order valence-corrected chi connectivity index (χ3v) is 3.28. The fourth-order valence-electron chi connectivity index (χ4n) is 1.54. The number of hydrogen-bond donors (Lipinski definition) is 0. The Hall–Kier alpha value is -1.19. The Morgan fingerprint density at radius 1 is 1.40 bits per heavy atom. The van der Waals surface area contributed by atoms with Crippen molar-refractivity contribution in [1.29, 1.82) is 0 Å². The Morgan fingerprint density at radius 2 is 2.27 bits per heavy atom. The Morgan fingerprint density at radius 3 is 3.07 bits per heavy atom. The quantitative estimate of drug-likeness (QED) is 0.740. The highest BCUT2D eigenvalue weighted by Crippen LogP contribution is 2.25. The van der Waals surface area contributed by atoms with Gasteiger partial charge in [-0.15, -0.1) is 11.3 Å². The molecule has 0 radical (unpaired) electrons. The topological polar surface area (TPSA) is 26.3 Å². The smallest absolute Gasteiger partial charge is 0.166 e. The molecule has 1 aromatic heterocycles. The van der Waals surface area contributed by atoms with Crippen molar-refractivity contribution in [3.05, 3.63) is 35.2 Å². The molecule has 2 nitrogen and oxygen atoms in total. The van der Waals surface area contributed by atoms with Crippen molar-refractivity contribution in [3.63, 3.8) is 0 Å². The first-order valence-corrected chi connectivity index (χ1v) is 5.69. The fourth-order valence-corrected chi connectivity index (χ4v) is 2.47. The summed E-state index contributed by atoms with van der Waals surface area (Å²) in [4.78, 5) is 11.8. The van der Waals surface area contributed by atoms with Crippen LogP contribution in [0.5, 0.6) is 0 Å². The van der Waals surface area contributed by atoms with E-state index in [1.165, 1.54) is 0 Å². The van der Waals surface area contributed by atoms with Gasteiger partial charge >= 0.3 is 0 Å². The molecular weight excluding hydrogens is 208 g/mol. The van der Waals surface area contributed by atoms with Gasteiger partial charge in [-0.1, -0.05) is 12.1 Å². The van der Waals surface area contributed by atoms with Crippen LogP contribution in [0.25, 0.3) is 10.1 Å². The molecule has 0 unspecified atom stereocenters. The van der Waals surface area contributed by atoms with Gasteiger partial charge in [0, 0.05) is 23.8 Å². The molecule has 0 N–H and O–H groups in total. The molecule has 0 aliphatic heterocycles. The van der Waals surface area contributed by atoms with Crippen LogP contribution in [0.4, 0.5) is 0 Å². The maximum Gasteiger partial charge on any atom is 0.166 e. The van der Waals surface area contributed by atoms with E-state index in [0.29, 0.717) is 13.0 Å². The predicted molar refractivity (Wildman–Crippen MR) is 62.6 cm³/mol. The first-order valence-electron chi connectivity index (χ1n) is 4.81.